The summed E-state index contributed by atoms with van der Waals surface area (Å²) in [6.45, 7) is 7.70. The van der Waals surface area contributed by atoms with Crippen molar-refractivity contribution in [3.63, 3.8) is 0 Å². The van der Waals surface area contributed by atoms with Gasteiger partial charge in [0.05, 0.1) is 16.4 Å². The first-order chi connectivity index (χ1) is 12.4. The lowest BCUT2D eigenvalue weighted by atomic mass is 10.1. The van der Waals surface area contributed by atoms with Crippen LogP contribution in [0.4, 0.5) is 5.69 Å². The molecule has 1 atom stereocenters. The zero-order valence-corrected chi connectivity index (χ0v) is 16.2. The highest BCUT2D eigenvalue weighted by molar-refractivity contribution is 7.09. The van der Waals surface area contributed by atoms with Crippen LogP contribution in [0.3, 0.4) is 0 Å². The van der Waals surface area contributed by atoms with E-state index < -0.39 is 6.10 Å². The van der Waals surface area contributed by atoms with E-state index >= 15 is 0 Å². The smallest absolute Gasteiger partial charge is 0.265 e. The highest BCUT2D eigenvalue weighted by Gasteiger charge is 2.18. The summed E-state index contributed by atoms with van der Waals surface area (Å²) >= 11 is 1.59. The highest BCUT2D eigenvalue weighted by Crippen LogP contribution is 2.29. The predicted molar refractivity (Wildman–Crippen MR) is 107 cm³/mol. The molecule has 0 spiro atoms. The summed E-state index contributed by atoms with van der Waals surface area (Å²) in [7, 11) is 0. The maximum atomic E-state index is 12.6. The number of nitrogens with zero attached hydrogens (tertiary/aromatic N) is 1. The van der Waals surface area contributed by atoms with E-state index in [-0.39, 0.29) is 5.91 Å². The van der Waals surface area contributed by atoms with Gasteiger partial charge in [0.2, 0.25) is 0 Å². The standard InChI is InChI=1S/C21H22N2O2S/c1-13-9-10-14(2)20(11-13)25-15(3)21(24)23-18-8-6-5-7-17(18)19-12-26-16(4)22-19/h5-12,15H,1-4H3,(H,23,24). The van der Waals surface area contributed by atoms with Crippen molar-refractivity contribution in [2.24, 2.45) is 0 Å². The second-order valence-electron chi connectivity index (χ2n) is 6.32. The fourth-order valence-electron chi connectivity index (χ4n) is 2.62. The van der Waals surface area contributed by atoms with Gasteiger partial charge in [-0.1, -0.05) is 30.3 Å². The fourth-order valence-corrected chi connectivity index (χ4v) is 3.23. The Balaban J connectivity index is 1.77. The van der Waals surface area contributed by atoms with Crippen LogP contribution in [0.5, 0.6) is 5.75 Å². The SMILES string of the molecule is Cc1ccc(C)c(OC(C)C(=O)Nc2ccccc2-c2csc(C)n2)c1. The van der Waals surface area contributed by atoms with E-state index in [1.165, 1.54) is 0 Å². The molecule has 2 aromatic carbocycles. The number of aromatic nitrogens is 1. The number of benzene rings is 2. The van der Waals surface area contributed by atoms with Crippen LogP contribution in [0.15, 0.2) is 47.8 Å². The summed E-state index contributed by atoms with van der Waals surface area (Å²) in [5, 5.41) is 5.96. The number of carbonyl (C=O) groups is 1. The molecule has 1 unspecified atom stereocenters. The third kappa shape index (κ3) is 4.11. The van der Waals surface area contributed by atoms with Gasteiger partial charge in [-0.3, -0.25) is 4.79 Å². The molecule has 3 aromatic rings. The normalized spacial score (nSPS) is 11.8. The molecule has 1 amide bonds. The Morgan fingerprint density at radius 3 is 2.65 bits per heavy atom. The molecule has 1 aromatic heterocycles. The van der Waals surface area contributed by atoms with Gasteiger partial charge in [-0.05, 0) is 51.0 Å². The molecule has 0 bridgehead atoms. The first-order valence-corrected chi connectivity index (χ1v) is 9.38. The molecule has 0 aliphatic carbocycles. The first-order valence-electron chi connectivity index (χ1n) is 8.50. The Kier molecular flexibility index (Phi) is 5.38. The number of hydrogen-bond acceptors (Lipinski definition) is 4. The maximum absolute atomic E-state index is 12.6. The van der Waals surface area contributed by atoms with Crippen molar-refractivity contribution in [3.8, 4) is 17.0 Å². The van der Waals surface area contributed by atoms with Crippen LogP contribution in [-0.4, -0.2) is 17.0 Å². The molecule has 4 nitrogen and oxygen atoms in total. The van der Waals surface area contributed by atoms with E-state index in [9.17, 15) is 4.79 Å². The zero-order chi connectivity index (χ0) is 18.7. The van der Waals surface area contributed by atoms with Crippen LogP contribution < -0.4 is 10.1 Å². The summed E-state index contributed by atoms with van der Waals surface area (Å²) in [4.78, 5) is 17.2. The van der Waals surface area contributed by atoms with Gasteiger partial charge in [-0.25, -0.2) is 4.98 Å². The number of amides is 1. The van der Waals surface area contributed by atoms with Crippen LogP contribution in [-0.2, 0) is 4.79 Å². The van der Waals surface area contributed by atoms with Crippen molar-refractivity contribution in [1.29, 1.82) is 0 Å². The minimum atomic E-state index is -0.610. The molecule has 1 N–H and O–H groups in total. The summed E-state index contributed by atoms with van der Waals surface area (Å²) in [5.41, 5.74) is 4.62. The molecule has 134 valence electrons. The summed E-state index contributed by atoms with van der Waals surface area (Å²) < 4.78 is 5.88. The van der Waals surface area contributed by atoms with Gasteiger partial charge in [0, 0.05) is 10.9 Å². The van der Waals surface area contributed by atoms with Gasteiger partial charge < -0.3 is 10.1 Å². The van der Waals surface area contributed by atoms with Gasteiger partial charge >= 0.3 is 0 Å². The molecule has 0 aliphatic rings. The molecule has 1 heterocycles. The third-order valence-corrected chi connectivity index (χ3v) is 4.87. The Morgan fingerprint density at radius 1 is 1.15 bits per heavy atom. The van der Waals surface area contributed by atoms with Gasteiger partial charge in [-0.2, -0.15) is 0 Å². The van der Waals surface area contributed by atoms with E-state index in [1.807, 2.05) is 68.6 Å². The molecular formula is C21H22N2O2S. The third-order valence-electron chi connectivity index (χ3n) is 4.10. The van der Waals surface area contributed by atoms with E-state index in [2.05, 4.69) is 10.3 Å². The summed E-state index contributed by atoms with van der Waals surface area (Å²) in [6.07, 6.45) is -0.610. The van der Waals surface area contributed by atoms with Crippen LogP contribution in [0.2, 0.25) is 0 Å². The lowest BCUT2D eigenvalue weighted by molar-refractivity contribution is -0.122. The second kappa shape index (κ2) is 7.70. The van der Waals surface area contributed by atoms with Gasteiger partial charge in [0.25, 0.3) is 5.91 Å². The van der Waals surface area contributed by atoms with Gasteiger partial charge in [-0.15, -0.1) is 11.3 Å². The minimum Gasteiger partial charge on any atom is -0.481 e. The van der Waals surface area contributed by atoms with Crippen molar-refractivity contribution in [3.05, 3.63) is 64.0 Å². The fraction of sp³-hybridized carbons (Fsp3) is 0.238. The van der Waals surface area contributed by atoms with Crippen molar-refractivity contribution in [1.82, 2.24) is 4.98 Å². The Morgan fingerprint density at radius 2 is 1.92 bits per heavy atom. The lowest BCUT2D eigenvalue weighted by Gasteiger charge is -2.17. The summed E-state index contributed by atoms with van der Waals surface area (Å²) in [5.74, 6) is 0.543. The number of rotatable bonds is 5. The van der Waals surface area contributed by atoms with Crippen LogP contribution in [0.25, 0.3) is 11.3 Å². The number of aryl methyl sites for hydroxylation is 3. The number of nitrogens with one attached hydrogen (secondary N) is 1. The minimum absolute atomic E-state index is 0.190. The van der Waals surface area contributed by atoms with Gasteiger partial charge in [0.1, 0.15) is 5.75 Å². The molecule has 3 rings (SSSR count). The first kappa shape index (κ1) is 18.1. The quantitative estimate of drug-likeness (QED) is 0.680. The maximum Gasteiger partial charge on any atom is 0.265 e. The van der Waals surface area contributed by atoms with Crippen molar-refractivity contribution < 1.29 is 9.53 Å². The van der Waals surface area contributed by atoms with E-state index in [0.29, 0.717) is 0 Å². The van der Waals surface area contributed by atoms with E-state index in [0.717, 1.165) is 38.8 Å². The van der Waals surface area contributed by atoms with Crippen LogP contribution in [0.1, 0.15) is 23.1 Å². The average Bonchev–Trinajstić information content (AvgIpc) is 3.04. The van der Waals surface area contributed by atoms with Crippen molar-refractivity contribution in [2.75, 3.05) is 5.32 Å². The lowest BCUT2D eigenvalue weighted by Crippen LogP contribution is -2.30. The number of ether oxygens (including phenoxy) is 1. The number of carbonyl (C=O) groups excluding carboxylic acids is 1. The van der Waals surface area contributed by atoms with E-state index in [4.69, 9.17) is 4.74 Å². The molecule has 5 heteroatoms. The molecule has 0 aliphatic heterocycles. The zero-order valence-electron chi connectivity index (χ0n) is 15.4. The molecule has 0 saturated heterocycles. The monoisotopic (exact) mass is 366 g/mol. The Labute approximate surface area is 157 Å². The van der Waals surface area contributed by atoms with Gasteiger partial charge in [0.15, 0.2) is 6.10 Å². The largest absolute Gasteiger partial charge is 0.481 e. The number of thiazole rings is 1. The van der Waals surface area contributed by atoms with Crippen LogP contribution in [0, 0.1) is 20.8 Å². The molecular weight excluding hydrogens is 344 g/mol. The topological polar surface area (TPSA) is 51.2 Å². The van der Waals surface area contributed by atoms with Crippen molar-refractivity contribution in [2.45, 2.75) is 33.8 Å². The summed E-state index contributed by atoms with van der Waals surface area (Å²) in [6, 6.07) is 13.6. The molecule has 0 radical (unpaired) electrons. The Hall–Kier alpha value is -2.66. The van der Waals surface area contributed by atoms with Crippen LogP contribution >= 0.6 is 11.3 Å². The number of hydrogen-bond donors (Lipinski definition) is 1. The molecule has 0 fully saturated rings. The molecule has 0 saturated carbocycles. The highest BCUT2D eigenvalue weighted by atomic mass is 32.1. The second-order valence-corrected chi connectivity index (χ2v) is 7.38. The number of anilines is 1. The van der Waals surface area contributed by atoms with Crippen molar-refractivity contribution >= 4 is 22.9 Å². The predicted octanol–water partition coefficient (Wildman–Crippen LogP) is 5.14. The Bertz CT molecular complexity index is 933. The van der Waals surface area contributed by atoms with E-state index in [1.54, 1.807) is 18.3 Å². The molecule has 26 heavy (non-hydrogen) atoms. The number of para-hydroxylation sites is 1. The average molecular weight is 366 g/mol.